The fourth-order valence-electron chi connectivity index (χ4n) is 2.56. The minimum atomic E-state index is -0.989. The molecule has 0 spiro atoms. The lowest BCUT2D eigenvalue weighted by Crippen LogP contribution is -2.15. The summed E-state index contributed by atoms with van der Waals surface area (Å²) in [5.41, 5.74) is 7.22. The molecule has 0 saturated carbocycles. The van der Waals surface area contributed by atoms with Crippen LogP contribution in [0.15, 0.2) is 55.0 Å². The molecule has 1 aromatic carbocycles. The van der Waals surface area contributed by atoms with Crippen molar-refractivity contribution in [2.24, 2.45) is 5.73 Å². The Morgan fingerprint density at radius 1 is 1.17 bits per heavy atom. The van der Waals surface area contributed by atoms with Gasteiger partial charge in [0.2, 0.25) is 0 Å². The second kappa shape index (κ2) is 9.11. The third kappa shape index (κ3) is 5.05. The van der Waals surface area contributed by atoms with Crippen molar-refractivity contribution in [1.82, 2.24) is 9.97 Å². The van der Waals surface area contributed by atoms with Gasteiger partial charge in [0.1, 0.15) is 11.6 Å². The van der Waals surface area contributed by atoms with Crippen LogP contribution >= 0.6 is 0 Å². The first-order valence-corrected chi connectivity index (χ1v) is 8.66. The summed E-state index contributed by atoms with van der Waals surface area (Å²) in [6, 6.07) is 10.5. The maximum Gasteiger partial charge on any atom is 0.326 e. The molecule has 5 N–H and O–H groups in total. The van der Waals surface area contributed by atoms with Gasteiger partial charge >= 0.3 is 5.91 Å². The van der Waals surface area contributed by atoms with Crippen molar-refractivity contribution >= 4 is 34.7 Å². The van der Waals surface area contributed by atoms with Crippen LogP contribution in [0.3, 0.4) is 0 Å². The van der Waals surface area contributed by atoms with Crippen molar-refractivity contribution < 1.29 is 14.0 Å². The maximum atomic E-state index is 13.8. The fraction of sp³-hybridized carbons (Fsp3) is 0.0500. The second-order valence-electron chi connectivity index (χ2n) is 6.08. The fourth-order valence-corrected chi connectivity index (χ4v) is 2.56. The number of carbonyl (C=O) groups excluding carboxylic acids is 2. The van der Waals surface area contributed by atoms with Crippen LogP contribution in [0, 0.1) is 17.1 Å². The van der Waals surface area contributed by atoms with Crippen molar-refractivity contribution in [3.8, 4) is 6.07 Å². The topological polar surface area (TPSA) is 146 Å². The number of carbonyl (C=O) groups is 2. The van der Waals surface area contributed by atoms with Gasteiger partial charge in [0, 0.05) is 36.9 Å². The number of aromatic nitrogens is 2. The molecule has 0 radical (unpaired) electrons. The number of nitriles is 1. The van der Waals surface area contributed by atoms with E-state index in [1.807, 2.05) is 6.07 Å². The van der Waals surface area contributed by atoms with Crippen LogP contribution < -0.4 is 21.7 Å². The number of primary amides is 1. The molecule has 2 amide bonds. The standard InChI is InChI=1S/C20H16FN7O2/c21-15-4-3-13(6-17(15)28-19(29)8-22)27-18-7-16(14(11-26-18)20(23)30)25-10-12-2-1-5-24-9-12/h1-7,9,11H,10H2,(H2,23,30)(H,28,29)(H2,25,26,27). The van der Waals surface area contributed by atoms with Crippen molar-refractivity contribution in [2.45, 2.75) is 6.54 Å². The molecular weight excluding hydrogens is 389 g/mol. The van der Waals surface area contributed by atoms with Gasteiger partial charge in [0.05, 0.1) is 16.9 Å². The van der Waals surface area contributed by atoms with Crippen LogP contribution in [0.2, 0.25) is 0 Å². The summed E-state index contributed by atoms with van der Waals surface area (Å²) in [6.07, 6.45) is 4.66. The number of nitrogens with zero attached hydrogens (tertiary/aromatic N) is 3. The van der Waals surface area contributed by atoms with Crippen LogP contribution in [-0.4, -0.2) is 21.8 Å². The molecule has 0 aliphatic rings. The molecule has 0 aliphatic heterocycles. The Morgan fingerprint density at radius 3 is 2.70 bits per heavy atom. The van der Waals surface area contributed by atoms with Crippen molar-refractivity contribution in [3.63, 3.8) is 0 Å². The van der Waals surface area contributed by atoms with Gasteiger partial charge in [-0.3, -0.25) is 14.6 Å². The summed E-state index contributed by atoms with van der Waals surface area (Å²) < 4.78 is 13.8. The zero-order valence-electron chi connectivity index (χ0n) is 15.5. The average molecular weight is 405 g/mol. The third-order valence-electron chi connectivity index (χ3n) is 3.96. The summed E-state index contributed by atoms with van der Waals surface area (Å²) >= 11 is 0. The van der Waals surface area contributed by atoms with E-state index >= 15 is 0 Å². The van der Waals surface area contributed by atoms with Gasteiger partial charge in [0.25, 0.3) is 5.91 Å². The first kappa shape index (κ1) is 20.2. The van der Waals surface area contributed by atoms with E-state index < -0.39 is 17.6 Å². The molecule has 0 fully saturated rings. The molecule has 0 atom stereocenters. The predicted molar refractivity (Wildman–Crippen MR) is 108 cm³/mol. The molecule has 0 saturated heterocycles. The van der Waals surface area contributed by atoms with Gasteiger partial charge in [-0.25, -0.2) is 9.37 Å². The summed E-state index contributed by atoms with van der Waals surface area (Å²) in [4.78, 5) is 31.1. The van der Waals surface area contributed by atoms with E-state index in [4.69, 9.17) is 11.0 Å². The molecule has 3 aromatic rings. The number of halogens is 1. The molecule has 0 aliphatic carbocycles. The largest absolute Gasteiger partial charge is 0.380 e. The molecule has 2 aromatic heterocycles. The Bertz CT molecular complexity index is 1130. The van der Waals surface area contributed by atoms with Crippen molar-refractivity contribution in [1.29, 1.82) is 5.26 Å². The smallest absolute Gasteiger partial charge is 0.326 e. The Labute approximate surface area is 170 Å². The minimum absolute atomic E-state index is 0.157. The lowest BCUT2D eigenvalue weighted by atomic mass is 10.2. The van der Waals surface area contributed by atoms with Crippen LogP contribution in [0.25, 0.3) is 0 Å². The van der Waals surface area contributed by atoms with Crippen molar-refractivity contribution in [3.05, 3.63) is 71.9 Å². The summed E-state index contributed by atoms with van der Waals surface area (Å²) in [5, 5.41) is 16.8. The Hall–Kier alpha value is -4.52. The van der Waals surface area contributed by atoms with Crippen LogP contribution in [0.1, 0.15) is 15.9 Å². The monoisotopic (exact) mass is 405 g/mol. The van der Waals surface area contributed by atoms with Gasteiger partial charge in [-0.15, -0.1) is 0 Å². The lowest BCUT2D eigenvalue weighted by molar-refractivity contribution is -0.111. The van der Waals surface area contributed by atoms with Gasteiger partial charge in [-0.05, 0) is 29.8 Å². The van der Waals surface area contributed by atoms with E-state index in [0.717, 1.165) is 11.6 Å². The molecule has 30 heavy (non-hydrogen) atoms. The summed E-state index contributed by atoms with van der Waals surface area (Å²) in [5.74, 6) is -1.99. The second-order valence-corrected chi connectivity index (χ2v) is 6.08. The van der Waals surface area contributed by atoms with Gasteiger partial charge < -0.3 is 21.7 Å². The number of anilines is 4. The minimum Gasteiger partial charge on any atom is -0.380 e. The number of rotatable bonds is 7. The zero-order valence-corrected chi connectivity index (χ0v) is 15.5. The number of hydrogen-bond acceptors (Lipinski definition) is 7. The van der Waals surface area contributed by atoms with Crippen LogP contribution in [0.4, 0.5) is 27.3 Å². The highest BCUT2D eigenvalue weighted by atomic mass is 19.1. The van der Waals surface area contributed by atoms with Gasteiger partial charge in [0.15, 0.2) is 6.07 Å². The maximum absolute atomic E-state index is 13.8. The normalized spacial score (nSPS) is 10.0. The van der Waals surface area contributed by atoms with Crippen LogP contribution in [0.5, 0.6) is 0 Å². The first-order chi connectivity index (χ1) is 14.5. The molecule has 0 unspecified atom stereocenters. The molecular formula is C20H16FN7O2. The lowest BCUT2D eigenvalue weighted by Gasteiger charge is -2.13. The first-order valence-electron chi connectivity index (χ1n) is 8.66. The Balaban J connectivity index is 1.83. The molecule has 3 rings (SSSR count). The average Bonchev–Trinajstić information content (AvgIpc) is 2.75. The Kier molecular flexibility index (Phi) is 6.14. The molecule has 2 heterocycles. The zero-order chi connectivity index (χ0) is 21.5. The number of pyridine rings is 2. The van der Waals surface area contributed by atoms with E-state index in [-0.39, 0.29) is 11.3 Å². The van der Waals surface area contributed by atoms with E-state index in [9.17, 15) is 14.0 Å². The molecule has 0 bridgehead atoms. The third-order valence-corrected chi connectivity index (χ3v) is 3.96. The highest BCUT2D eigenvalue weighted by molar-refractivity contribution is 6.02. The number of nitrogens with one attached hydrogen (secondary N) is 3. The summed E-state index contributed by atoms with van der Waals surface area (Å²) in [7, 11) is 0. The van der Waals surface area contributed by atoms with E-state index in [1.165, 1.54) is 24.4 Å². The Morgan fingerprint density at radius 2 is 2.00 bits per heavy atom. The van der Waals surface area contributed by atoms with Gasteiger partial charge in [-0.1, -0.05) is 6.07 Å². The molecule has 10 heteroatoms. The number of amides is 2. The van der Waals surface area contributed by atoms with Gasteiger partial charge in [-0.2, -0.15) is 5.26 Å². The van der Waals surface area contributed by atoms with E-state index in [0.29, 0.717) is 23.7 Å². The van der Waals surface area contributed by atoms with E-state index in [1.54, 1.807) is 24.5 Å². The summed E-state index contributed by atoms with van der Waals surface area (Å²) in [6.45, 7) is 0.401. The molecule has 9 nitrogen and oxygen atoms in total. The highest BCUT2D eigenvalue weighted by Crippen LogP contribution is 2.25. The van der Waals surface area contributed by atoms with E-state index in [2.05, 4.69) is 25.9 Å². The number of nitrogens with two attached hydrogens (primary N) is 1. The highest BCUT2D eigenvalue weighted by Gasteiger charge is 2.12. The quantitative estimate of drug-likeness (QED) is 0.442. The SMILES string of the molecule is N#CC(=O)Nc1cc(Nc2cc(NCc3cccnc3)c(C(N)=O)cn2)ccc1F. The van der Waals surface area contributed by atoms with Crippen molar-refractivity contribution in [2.75, 3.05) is 16.0 Å². The predicted octanol–water partition coefficient (Wildman–Crippen LogP) is 2.53. The number of benzene rings is 1. The van der Waals surface area contributed by atoms with Crippen LogP contribution in [-0.2, 0) is 11.3 Å². The number of hydrogen-bond donors (Lipinski definition) is 4. The molecule has 150 valence electrons.